The van der Waals surface area contributed by atoms with Crippen LogP contribution in [0.15, 0.2) is 60.9 Å². The van der Waals surface area contributed by atoms with Crippen molar-refractivity contribution in [3.63, 3.8) is 0 Å². The average molecular weight is 940 g/mol. The van der Waals surface area contributed by atoms with Crippen LogP contribution < -0.4 is 26.2 Å². The fourth-order valence-corrected chi connectivity index (χ4v) is 13.0. The topological polar surface area (TPSA) is 157 Å². The Morgan fingerprint density at radius 2 is 1.68 bits per heavy atom. The SMILES string of the molecule is O=C1CCN(c2cnc3cc(CCCCC4CCN(C(=O)C5CCC(NC(=O)[C@@H]6NC7(CCCCC7)[C@@]7(C(=O)Nc8cc(Cl)ccc87)[C@H]6c6cccc(Cl)c6F)CC5)CC4)ccn23)C(=O)N1. The van der Waals surface area contributed by atoms with Crippen LogP contribution in [0, 0.1) is 17.7 Å². The third-order valence-corrected chi connectivity index (χ3v) is 16.4. The number of aromatic nitrogens is 2. The molecule has 4 N–H and O–H groups in total. The lowest BCUT2D eigenvalue weighted by molar-refractivity contribution is -0.138. The second kappa shape index (κ2) is 18.2. The number of urea groups is 1. The number of rotatable bonds is 10. The van der Waals surface area contributed by atoms with Gasteiger partial charge in [-0.3, -0.25) is 39.1 Å². The summed E-state index contributed by atoms with van der Waals surface area (Å²) < 4.78 is 18.2. The summed E-state index contributed by atoms with van der Waals surface area (Å²) in [6.07, 6.45) is 16.8. The molecule has 3 atom stereocenters. The monoisotopic (exact) mass is 938 g/mol. The summed E-state index contributed by atoms with van der Waals surface area (Å²) >= 11 is 12.9. The molecule has 5 fully saturated rings. The van der Waals surface area contributed by atoms with Gasteiger partial charge < -0.3 is 15.5 Å². The number of carbonyl (C=O) groups is 5. The van der Waals surface area contributed by atoms with Crippen LogP contribution in [0.3, 0.4) is 0 Å². The zero-order valence-corrected chi connectivity index (χ0v) is 38.6. The Kier molecular flexibility index (Phi) is 12.4. The molecule has 10 rings (SSSR count). The number of hydrogen-bond donors (Lipinski definition) is 4. The summed E-state index contributed by atoms with van der Waals surface area (Å²) in [6, 6.07) is 12.8. The van der Waals surface area contributed by atoms with E-state index in [1.807, 2.05) is 21.6 Å². The zero-order valence-electron chi connectivity index (χ0n) is 37.1. The molecule has 4 aliphatic heterocycles. The standard InChI is InChI=1S/C50H57Cl2FN8O5/c51-33-13-16-36-38(28-33)56-47(65)50(36)42(35-9-6-10-37(52)43(35)53)44(58-49(50)21-4-1-5-22-49)45(63)55-34-14-11-32(12-15-34)46(64)59-23-17-30(18-24-59)7-2-3-8-31-19-25-60-39(27-31)54-29-41(60)61-26-20-40(62)57-48(61)66/h6,9-10,13,16,19,25,27-30,32,34,42,44,58H,1-5,7-8,11-12,14-15,17-18,20-24,26H2,(H,55,63)(H,56,65)(H,57,62,66)/t32?,34?,42-,44+,50+/m0/s1. The van der Waals surface area contributed by atoms with Gasteiger partial charge in [0.05, 0.1) is 17.3 Å². The number of fused-ring (bicyclic) bond motifs is 4. The number of nitrogens with zero attached hydrogens (tertiary/aromatic N) is 4. The molecule has 6 amide bonds. The first-order valence-corrected chi connectivity index (χ1v) is 24.7. The van der Waals surface area contributed by atoms with E-state index in [1.54, 1.807) is 35.4 Å². The van der Waals surface area contributed by atoms with Gasteiger partial charge in [-0.1, -0.05) is 73.5 Å². The van der Waals surface area contributed by atoms with Crippen LogP contribution in [0.1, 0.15) is 119 Å². The molecule has 0 radical (unpaired) electrons. The van der Waals surface area contributed by atoms with Gasteiger partial charge in [0.25, 0.3) is 0 Å². The second-order valence-electron chi connectivity index (χ2n) is 19.5. The number of hydrogen-bond acceptors (Lipinski definition) is 7. The van der Waals surface area contributed by atoms with Gasteiger partial charge >= 0.3 is 6.03 Å². The lowest BCUT2D eigenvalue weighted by Gasteiger charge is -2.47. The summed E-state index contributed by atoms with van der Waals surface area (Å²) in [5, 5.41) is 12.9. The number of likely N-dealkylation sites (tertiary alicyclic amines) is 1. The maximum atomic E-state index is 16.3. The lowest BCUT2D eigenvalue weighted by Crippen LogP contribution is -2.60. The molecule has 6 heterocycles. The van der Waals surface area contributed by atoms with E-state index in [0.29, 0.717) is 67.5 Å². The number of imidazole rings is 1. The van der Waals surface area contributed by atoms with Crippen molar-refractivity contribution in [2.45, 2.75) is 132 Å². The van der Waals surface area contributed by atoms with Crippen LogP contribution >= 0.6 is 23.2 Å². The van der Waals surface area contributed by atoms with Crippen LogP contribution in [-0.4, -0.2) is 81.2 Å². The number of unbranched alkanes of at least 4 members (excludes halogenated alkanes) is 1. The third-order valence-electron chi connectivity index (χ3n) is 15.9. The van der Waals surface area contributed by atoms with E-state index >= 15 is 4.39 Å². The van der Waals surface area contributed by atoms with Crippen molar-refractivity contribution in [2.24, 2.45) is 11.8 Å². The number of imide groups is 1. The van der Waals surface area contributed by atoms with Crippen molar-refractivity contribution in [3.8, 4) is 0 Å². The van der Waals surface area contributed by atoms with E-state index in [4.69, 9.17) is 23.2 Å². The Hall–Kier alpha value is -5.05. The van der Waals surface area contributed by atoms with E-state index in [1.165, 1.54) is 11.6 Å². The normalized spacial score (nSPS) is 26.5. The number of carbonyl (C=O) groups excluding carboxylic acids is 5. The highest BCUT2D eigenvalue weighted by Gasteiger charge is 2.72. The van der Waals surface area contributed by atoms with Crippen molar-refractivity contribution < 1.29 is 28.4 Å². The summed E-state index contributed by atoms with van der Waals surface area (Å²) in [6.45, 7) is 1.86. The third kappa shape index (κ3) is 7.94. The molecular formula is C50H57Cl2FN8O5. The highest BCUT2D eigenvalue weighted by molar-refractivity contribution is 6.31. The molecule has 66 heavy (non-hydrogen) atoms. The summed E-state index contributed by atoms with van der Waals surface area (Å²) in [5.41, 5.74) is 1.40. The van der Waals surface area contributed by atoms with Crippen molar-refractivity contribution >= 4 is 70.0 Å². The van der Waals surface area contributed by atoms with Gasteiger partial charge in [-0.2, -0.15) is 0 Å². The maximum Gasteiger partial charge on any atom is 0.329 e. The molecule has 2 spiro atoms. The van der Waals surface area contributed by atoms with Crippen molar-refractivity contribution in [2.75, 3.05) is 29.9 Å². The molecule has 6 aliphatic rings. The van der Waals surface area contributed by atoms with Gasteiger partial charge in [0.2, 0.25) is 23.6 Å². The van der Waals surface area contributed by atoms with E-state index in [9.17, 15) is 24.0 Å². The van der Waals surface area contributed by atoms with Gasteiger partial charge in [-0.25, -0.2) is 14.2 Å². The molecule has 0 unspecified atom stereocenters. The molecular weight excluding hydrogens is 883 g/mol. The second-order valence-corrected chi connectivity index (χ2v) is 20.4. The van der Waals surface area contributed by atoms with Gasteiger partial charge in [-0.15, -0.1) is 0 Å². The fraction of sp³-hybridized carbons (Fsp3) is 0.520. The summed E-state index contributed by atoms with van der Waals surface area (Å²) in [7, 11) is 0. The number of benzene rings is 2. The molecule has 2 aromatic heterocycles. The Morgan fingerprint density at radius 3 is 2.45 bits per heavy atom. The highest BCUT2D eigenvalue weighted by atomic mass is 35.5. The van der Waals surface area contributed by atoms with Crippen LogP contribution in [0.4, 0.5) is 20.7 Å². The molecule has 3 saturated heterocycles. The number of halogens is 3. The quantitative estimate of drug-likeness (QED) is 0.117. The first-order chi connectivity index (χ1) is 32.0. The Bertz CT molecular complexity index is 2570. The molecule has 2 aromatic carbocycles. The number of pyridine rings is 1. The molecule has 348 valence electrons. The largest absolute Gasteiger partial charge is 0.352 e. The Morgan fingerprint density at radius 1 is 0.894 bits per heavy atom. The van der Waals surface area contributed by atoms with Crippen molar-refractivity contribution in [1.29, 1.82) is 0 Å². The molecule has 16 heteroatoms. The van der Waals surface area contributed by atoms with Gasteiger partial charge in [0.15, 0.2) is 0 Å². The highest BCUT2D eigenvalue weighted by Crippen LogP contribution is 2.63. The summed E-state index contributed by atoms with van der Waals surface area (Å²) in [4.78, 5) is 75.3. The summed E-state index contributed by atoms with van der Waals surface area (Å²) in [5.74, 6) is -0.961. The van der Waals surface area contributed by atoms with Crippen LogP contribution in [0.5, 0.6) is 0 Å². The lowest BCUT2D eigenvalue weighted by atomic mass is 9.55. The van der Waals surface area contributed by atoms with E-state index in [2.05, 4.69) is 38.4 Å². The number of amides is 6. The zero-order chi connectivity index (χ0) is 45.7. The smallest absolute Gasteiger partial charge is 0.329 e. The van der Waals surface area contributed by atoms with Crippen molar-refractivity contribution in [1.82, 2.24) is 30.2 Å². The number of nitrogens with one attached hydrogen (secondary N) is 4. The van der Waals surface area contributed by atoms with Crippen LogP contribution in [-0.2, 0) is 31.0 Å². The predicted molar refractivity (Wildman–Crippen MR) is 250 cm³/mol. The number of aryl methyl sites for hydroxylation is 1. The van der Waals surface area contributed by atoms with E-state index < -0.39 is 34.8 Å². The van der Waals surface area contributed by atoms with Gasteiger partial charge in [0, 0.05) is 66.4 Å². The molecule has 4 aromatic rings. The first kappa shape index (κ1) is 44.8. The van der Waals surface area contributed by atoms with Gasteiger partial charge in [-0.05, 0) is 117 Å². The Balaban J connectivity index is 0.727. The average Bonchev–Trinajstić information content (AvgIpc) is 3.96. The maximum absolute atomic E-state index is 16.3. The Labute approximate surface area is 393 Å². The van der Waals surface area contributed by atoms with Gasteiger partial charge in [0.1, 0.15) is 22.7 Å². The van der Waals surface area contributed by atoms with E-state index in [-0.39, 0.29) is 52.6 Å². The minimum absolute atomic E-state index is 0.0603. The molecule has 2 aliphatic carbocycles. The number of anilines is 2. The molecule has 13 nitrogen and oxygen atoms in total. The predicted octanol–water partition coefficient (Wildman–Crippen LogP) is 8.20. The minimum atomic E-state index is -1.29. The minimum Gasteiger partial charge on any atom is -0.352 e. The van der Waals surface area contributed by atoms with Crippen LogP contribution in [0.2, 0.25) is 10.0 Å². The first-order valence-electron chi connectivity index (χ1n) is 24.0. The van der Waals surface area contributed by atoms with E-state index in [0.717, 1.165) is 82.1 Å². The number of piperidine rings is 1. The fourth-order valence-electron chi connectivity index (χ4n) is 12.6. The van der Waals surface area contributed by atoms with Crippen LogP contribution in [0.25, 0.3) is 5.65 Å². The molecule has 0 bridgehead atoms. The van der Waals surface area contributed by atoms with Crippen molar-refractivity contribution in [3.05, 3.63) is 93.5 Å². The molecule has 2 saturated carbocycles.